The molecular formula is C5H8Cl2O4. The maximum atomic E-state index is 9.12. The minimum atomic E-state index is -1.90. The predicted molar refractivity (Wildman–Crippen MR) is 38.1 cm³/mol. The van der Waals surface area contributed by atoms with Crippen molar-refractivity contribution in [3.05, 3.63) is 0 Å². The molecule has 0 bridgehead atoms. The molecule has 1 saturated heterocycles. The zero-order chi connectivity index (χ0) is 8.70. The number of hydrogen-bond donors (Lipinski definition) is 2. The maximum Gasteiger partial charge on any atom is 0.273 e. The molecule has 0 aromatic heterocycles. The van der Waals surface area contributed by atoms with Gasteiger partial charge in [0.1, 0.15) is 12.7 Å². The first kappa shape index (κ1) is 9.51. The van der Waals surface area contributed by atoms with Gasteiger partial charge in [-0.25, -0.2) is 0 Å². The summed E-state index contributed by atoms with van der Waals surface area (Å²) in [6.45, 7) is 1.05. The first-order valence-corrected chi connectivity index (χ1v) is 3.73. The van der Waals surface area contributed by atoms with E-state index in [4.69, 9.17) is 38.2 Å². The van der Waals surface area contributed by atoms with Crippen LogP contribution in [0.2, 0.25) is 0 Å². The number of halogens is 2. The molecule has 1 aliphatic heterocycles. The third-order valence-electron chi connectivity index (χ3n) is 1.31. The Kier molecular flexibility index (Phi) is 2.36. The van der Waals surface area contributed by atoms with Crippen molar-refractivity contribution in [2.75, 3.05) is 6.61 Å². The average Bonchev–Trinajstić information content (AvgIpc) is 1.81. The second kappa shape index (κ2) is 2.73. The summed E-state index contributed by atoms with van der Waals surface area (Å²) in [6.07, 6.45) is -0.889. The van der Waals surface area contributed by atoms with Gasteiger partial charge in [0, 0.05) is 0 Å². The van der Waals surface area contributed by atoms with E-state index in [2.05, 4.69) is 4.74 Å². The Morgan fingerprint density at radius 1 is 1.45 bits per heavy atom. The maximum absolute atomic E-state index is 9.12. The van der Waals surface area contributed by atoms with Crippen LogP contribution < -0.4 is 0 Å². The molecule has 0 saturated carbocycles. The summed E-state index contributed by atoms with van der Waals surface area (Å²) in [5.74, 6) is 0. The second-order valence-electron chi connectivity index (χ2n) is 2.35. The first-order valence-electron chi connectivity index (χ1n) is 2.98. The molecule has 0 aromatic carbocycles. The zero-order valence-corrected chi connectivity index (χ0v) is 7.26. The van der Waals surface area contributed by atoms with Gasteiger partial charge in [0.2, 0.25) is 0 Å². The van der Waals surface area contributed by atoms with Gasteiger partial charge in [-0.3, -0.25) is 0 Å². The van der Waals surface area contributed by atoms with Crippen molar-refractivity contribution < 1.29 is 19.7 Å². The van der Waals surface area contributed by atoms with Gasteiger partial charge in [-0.1, -0.05) is 23.2 Å². The van der Waals surface area contributed by atoms with Gasteiger partial charge in [0.15, 0.2) is 0 Å². The third kappa shape index (κ3) is 2.18. The van der Waals surface area contributed by atoms with Crippen molar-refractivity contribution in [1.29, 1.82) is 0 Å². The van der Waals surface area contributed by atoms with Crippen LogP contribution in [0.1, 0.15) is 6.92 Å². The number of alkyl halides is 2. The SMILES string of the molecule is CC1OC(O)(Cl)COC1(O)Cl. The third-order valence-corrected chi connectivity index (χ3v) is 1.93. The van der Waals surface area contributed by atoms with Crippen molar-refractivity contribution in [2.24, 2.45) is 0 Å². The van der Waals surface area contributed by atoms with Crippen molar-refractivity contribution in [3.8, 4) is 0 Å². The van der Waals surface area contributed by atoms with Crippen molar-refractivity contribution >= 4 is 23.2 Å². The zero-order valence-electron chi connectivity index (χ0n) is 5.75. The highest BCUT2D eigenvalue weighted by Gasteiger charge is 2.46. The van der Waals surface area contributed by atoms with Gasteiger partial charge in [-0.15, -0.1) is 0 Å². The molecule has 3 atom stereocenters. The van der Waals surface area contributed by atoms with E-state index < -0.39 is 16.6 Å². The molecular weight excluding hydrogens is 195 g/mol. The molecule has 0 aromatic rings. The Bertz CT molecular complexity index is 159. The Hall–Kier alpha value is 0.420. The normalized spacial score (nSPS) is 52.6. The van der Waals surface area contributed by atoms with Gasteiger partial charge in [0.05, 0.1) is 0 Å². The molecule has 1 rings (SSSR count). The van der Waals surface area contributed by atoms with E-state index >= 15 is 0 Å². The summed E-state index contributed by atoms with van der Waals surface area (Å²) in [5.41, 5.74) is 0. The molecule has 66 valence electrons. The smallest absolute Gasteiger partial charge is 0.273 e. The summed E-state index contributed by atoms with van der Waals surface area (Å²) >= 11 is 10.7. The molecule has 1 heterocycles. The molecule has 0 amide bonds. The van der Waals surface area contributed by atoms with Crippen LogP contribution in [0.5, 0.6) is 0 Å². The van der Waals surface area contributed by atoms with Crippen LogP contribution in [-0.4, -0.2) is 33.4 Å². The molecule has 0 spiro atoms. The molecule has 6 heteroatoms. The predicted octanol–water partition coefficient (Wildman–Crippen LogP) is 0.192. The first-order chi connectivity index (χ1) is 4.83. The lowest BCUT2D eigenvalue weighted by atomic mass is 10.3. The quantitative estimate of drug-likeness (QED) is 0.552. The van der Waals surface area contributed by atoms with E-state index in [1.807, 2.05) is 0 Å². The second-order valence-corrected chi connectivity index (χ2v) is 3.48. The van der Waals surface area contributed by atoms with Crippen molar-refractivity contribution in [2.45, 2.75) is 23.5 Å². The van der Waals surface area contributed by atoms with E-state index in [9.17, 15) is 0 Å². The highest BCUT2D eigenvalue weighted by Crippen LogP contribution is 2.32. The molecule has 0 aliphatic carbocycles. The average molecular weight is 203 g/mol. The monoisotopic (exact) mass is 202 g/mol. The molecule has 1 fully saturated rings. The Labute approximate surface area is 73.6 Å². The summed E-state index contributed by atoms with van der Waals surface area (Å²) in [6, 6.07) is 0. The highest BCUT2D eigenvalue weighted by atomic mass is 35.5. The van der Waals surface area contributed by atoms with E-state index in [0.717, 1.165) is 0 Å². The molecule has 3 unspecified atom stereocenters. The van der Waals surface area contributed by atoms with Crippen LogP contribution in [0, 0.1) is 0 Å². The number of rotatable bonds is 0. The van der Waals surface area contributed by atoms with Crippen LogP contribution in [0.25, 0.3) is 0 Å². The van der Waals surface area contributed by atoms with Crippen molar-refractivity contribution in [1.82, 2.24) is 0 Å². The van der Waals surface area contributed by atoms with Crippen LogP contribution in [-0.2, 0) is 9.47 Å². The van der Waals surface area contributed by atoms with Crippen LogP contribution >= 0.6 is 23.2 Å². The van der Waals surface area contributed by atoms with E-state index in [1.54, 1.807) is 0 Å². The Balaban J connectivity index is 2.63. The van der Waals surface area contributed by atoms with Crippen LogP contribution in [0.4, 0.5) is 0 Å². The van der Waals surface area contributed by atoms with Gasteiger partial charge >= 0.3 is 0 Å². The lowest BCUT2D eigenvalue weighted by molar-refractivity contribution is -0.333. The van der Waals surface area contributed by atoms with Crippen molar-refractivity contribution in [3.63, 3.8) is 0 Å². The van der Waals surface area contributed by atoms with E-state index in [-0.39, 0.29) is 6.61 Å². The standard InChI is InChI=1S/C5H8Cl2O4/c1-3-5(7,9)10-2-4(6,8)11-3/h3,8-9H,2H2,1H3. The minimum Gasteiger partial charge on any atom is -0.351 e. The molecule has 2 N–H and O–H groups in total. The molecule has 4 nitrogen and oxygen atoms in total. The van der Waals surface area contributed by atoms with Gasteiger partial charge in [0.25, 0.3) is 10.5 Å². The molecule has 0 radical (unpaired) electrons. The Morgan fingerprint density at radius 3 is 2.36 bits per heavy atom. The van der Waals surface area contributed by atoms with E-state index in [1.165, 1.54) is 6.92 Å². The summed E-state index contributed by atoms with van der Waals surface area (Å²) in [7, 11) is 0. The van der Waals surface area contributed by atoms with Crippen LogP contribution in [0.15, 0.2) is 0 Å². The van der Waals surface area contributed by atoms with Gasteiger partial charge < -0.3 is 19.7 Å². The van der Waals surface area contributed by atoms with Gasteiger partial charge in [-0.05, 0) is 6.92 Å². The highest BCUT2D eigenvalue weighted by molar-refractivity contribution is 6.23. The topological polar surface area (TPSA) is 58.9 Å². The fourth-order valence-electron chi connectivity index (χ4n) is 0.685. The lowest BCUT2D eigenvalue weighted by Crippen LogP contribution is -2.53. The number of hydrogen-bond acceptors (Lipinski definition) is 4. The number of aliphatic hydroxyl groups is 2. The fraction of sp³-hybridized carbons (Fsp3) is 1.00. The molecule has 1 aliphatic rings. The lowest BCUT2D eigenvalue weighted by Gasteiger charge is -2.38. The van der Waals surface area contributed by atoms with Gasteiger partial charge in [-0.2, -0.15) is 0 Å². The minimum absolute atomic E-state index is 0.376. The van der Waals surface area contributed by atoms with Crippen LogP contribution in [0.3, 0.4) is 0 Å². The number of ether oxygens (including phenoxy) is 2. The summed E-state index contributed by atoms with van der Waals surface area (Å²) < 4.78 is 9.31. The summed E-state index contributed by atoms with van der Waals surface area (Å²) in [5, 5.41) is 14.4. The fourth-order valence-corrected chi connectivity index (χ4v) is 0.972. The molecule has 11 heavy (non-hydrogen) atoms. The van der Waals surface area contributed by atoms with E-state index in [0.29, 0.717) is 0 Å². The summed E-state index contributed by atoms with van der Waals surface area (Å²) in [4.78, 5) is 0. The largest absolute Gasteiger partial charge is 0.351 e. The Morgan fingerprint density at radius 2 is 2.00 bits per heavy atom.